The van der Waals surface area contributed by atoms with Crippen molar-refractivity contribution in [1.82, 2.24) is 9.78 Å². The number of anilines is 1. The summed E-state index contributed by atoms with van der Waals surface area (Å²) in [4.78, 5) is 12.9. The predicted molar refractivity (Wildman–Crippen MR) is 107 cm³/mol. The molecule has 1 atom stereocenters. The average Bonchev–Trinajstić information content (AvgIpc) is 2.94. The summed E-state index contributed by atoms with van der Waals surface area (Å²) in [6, 6.07) is 14.5. The van der Waals surface area contributed by atoms with E-state index in [2.05, 4.69) is 34.7 Å². The van der Waals surface area contributed by atoms with E-state index in [0.29, 0.717) is 12.2 Å². The van der Waals surface area contributed by atoms with E-state index >= 15 is 0 Å². The highest BCUT2D eigenvalue weighted by Gasteiger charge is 2.37. The summed E-state index contributed by atoms with van der Waals surface area (Å²) in [6.45, 7) is 6.09. The second-order valence-electron chi connectivity index (χ2n) is 6.86. The average molecular weight is 361 g/mol. The van der Waals surface area contributed by atoms with Crippen LogP contribution in [0, 0.1) is 6.92 Å². The number of hydrogen-bond donors (Lipinski definition) is 1. The van der Waals surface area contributed by atoms with Crippen LogP contribution >= 0.6 is 0 Å². The molecular formula is C22H23N3O2. The van der Waals surface area contributed by atoms with Crippen molar-refractivity contribution < 1.29 is 9.53 Å². The molecule has 0 amide bonds. The lowest BCUT2D eigenvalue weighted by Gasteiger charge is -2.29. The van der Waals surface area contributed by atoms with E-state index in [1.807, 2.05) is 50.7 Å². The number of esters is 1. The summed E-state index contributed by atoms with van der Waals surface area (Å²) < 4.78 is 7.25. The molecule has 4 rings (SSSR count). The van der Waals surface area contributed by atoms with Crippen molar-refractivity contribution in [1.29, 1.82) is 0 Å². The maximum atomic E-state index is 12.9. The smallest absolute Gasteiger partial charge is 0.336 e. The largest absolute Gasteiger partial charge is 0.463 e. The number of aryl methyl sites for hydroxylation is 2. The first-order chi connectivity index (χ1) is 13.0. The molecule has 5 heteroatoms. The van der Waals surface area contributed by atoms with Crippen LogP contribution in [0.3, 0.4) is 0 Å². The maximum Gasteiger partial charge on any atom is 0.336 e. The van der Waals surface area contributed by atoms with Gasteiger partial charge in [-0.1, -0.05) is 42.5 Å². The molecule has 0 saturated carbocycles. The summed E-state index contributed by atoms with van der Waals surface area (Å²) in [5.41, 5.74) is 4.49. The third kappa shape index (κ3) is 2.70. The van der Waals surface area contributed by atoms with Gasteiger partial charge in [0.25, 0.3) is 0 Å². The minimum atomic E-state index is -0.283. The zero-order valence-electron chi connectivity index (χ0n) is 16.0. The molecule has 0 radical (unpaired) electrons. The number of fused-ring (bicyclic) bond motifs is 2. The van der Waals surface area contributed by atoms with Crippen LogP contribution < -0.4 is 5.32 Å². The fraction of sp³-hybridized carbons (Fsp3) is 0.273. The first-order valence-corrected chi connectivity index (χ1v) is 9.19. The van der Waals surface area contributed by atoms with Crippen LogP contribution in [0.4, 0.5) is 5.82 Å². The van der Waals surface area contributed by atoms with Crippen LogP contribution in [0.1, 0.15) is 36.6 Å². The van der Waals surface area contributed by atoms with Gasteiger partial charge in [-0.2, -0.15) is 5.10 Å². The van der Waals surface area contributed by atoms with Crippen molar-refractivity contribution in [2.75, 3.05) is 11.9 Å². The molecule has 1 aliphatic heterocycles. The van der Waals surface area contributed by atoms with Crippen LogP contribution in [0.2, 0.25) is 0 Å². The second kappa shape index (κ2) is 6.58. The summed E-state index contributed by atoms with van der Waals surface area (Å²) in [6.07, 6.45) is 0. The van der Waals surface area contributed by atoms with Crippen LogP contribution in [-0.2, 0) is 16.6 Å². The predicted octanol–water partition coefficient (Wildman–Crippen LogP) is 4.28. The lowest BCUT2D eigenvalue weighted by atomic mass is 9.79. The minimum absolute atomic E-state index is 0.222. The number of ether oxygens (including phenoxy) is 1. The van der Waals surface area contributed by atoms with Gasteiger partial charge >= 0.3 is 5.97 Å². The monoisotopic (exact) mass is 361 g/mol. The number of nitrogens with zero attached hydrogens (tertiary/aromatic N) is 2. The molecular weight excluding hydrogens is 338 g/mol. The highest BCUT2D eigenvalue weighted by atomic mass is 16.5. The van der Waals surface area contributed by atoms with E-state index in [4.69, 9.17) is 4.74 Å². The Morgan fingerprint density at radius 3 is 2.70 bits per heavy atom. The number of carbonyl (C=O) groups is 1. The number of allylic oxidation sites excluding steroid dienone is 1. The maximum absolute atomic E-state index is 12.9. The fourth-order valence-electron chi connectivity index (χ4n) is 4.07. The molecule has 0 fully saturated rings. The Labute approximate surface area is 158 Å². The van der Waals surface area contributed by atoms with E-state index in [1.165, 1.54) is 0 Å². The highest BCUT2D eigenvalue weighted by molar-refractivity contribution is 5.97. The van der Waals surface area contributed by atoms with Crippen LogP contribution in [0.5, 0.6) is 0 Å². The normalized spacial score (nSPS) is 16.2. The number of carbonyl (C=O) groups excluding carboxylic acids is 1. The summed E-state index contributed by atoms with van der Waals surface area (Å²) in [7, 11) is 1.92. The third-order valence-corrected chi connectivity index (χ3v) is 5.19. The lowest BCUT2D eigenvalue weighted by molar-refractivity contribution is -0.138. The molecule has 0 saturated heterocycles. The Morgan fingerprint density at radius 2 is 1.93 bits per heavy atom. The number of aromatic nitrogens is 2. The molecule has 1 aromatic heterocycles. The molecule has 3 aromatic rings. The van der Waals surface area contributed by atoms with E-state index in [-0.39, 0.29) is 11.9 Å². The molecule has 1 aliphatic rings. The van der Waals surface area contributed by atoms with Crippen molar-refractivity contribution in [3.05, 3.63) is 70.6 Å². The Balaban J connectivity index is 2.03. The number of rotatable bonds is 3. The summed E-state index contributed by atoms with van der Waals surface area (Å²) >= 11 is 0. The molecule has 27 heavy (non-hydrogen) atoms. The van der Waals surface area contributed by atoms with Gasteiger partial charge in [-0.15, -0.1) is 0 Å². The summed E-state index contributed by atoms with van der Waals surface area (Å²) in [5, 5.41) is 10.2. The Bertz CT molecular complexity index is 1070. The van der Waals surface area contributed by atoms with Gasteiger partial charge in [0, 0.05) is 24.2 Å². The molecule has 5 nitrogen and oxygen atoms in total. The van der Waals surface area contributed by atoms with Crippen molar-refractivity contribution in [3.63, 3.8) is 0 Å². The Hall–Kier alpha value is -3.08. The quantitative estimate of drug-likeness (QED) is 0.708. The number of hydrogen-bond acceptors (Lipinski definition) is 4. The van der Waals surface area contributed by atoms with E-state index in [0.717, 1.165) is 39.1 Å². The van der Waals surface area contributed by atoms with Crippen LogP contribution in [0.25, 0.3) is 10.8 Å². The van der Waals surface area contributed by atoms with Crippen molar-refractivity contribution in [2.24, 2.45) is 7.05 Å². The standard InChI is InChI=1S/C22H23N3O2/c1-5-27-22(26)19-13(2)23-21-18(14(3)24-25(21)4)20(19)17-12-8-10-15-9-6-7-11-16(15)17/h6-12,20,23H,5H2,1-4H3. The zero-order chi connectivity index (χ0) is 19.1. The first-order valence-electron chi connectivity index (χ1n) is 9.19. The second-order valence-corrected chi connectivity index (χ2v) is 6.86. The molecule has 1 unspecified atom stereocenters. The lowest BCUT2D eigenvalue weighted by Crippen LogP contribution is -2.25. The van der Waals surface area contributed by atoms with Crippen molar-refractivity contribution >= 4 is 22.6 Å². The topological polar surface area (TPSA) is 56.1 Å². The Kier molecular flexibility index (Phi) is 4.22. The molecule has 1 N–H and O–H groups in total. The molecule has 0 bridgehead atoms. The minimum Gasteiger partial charge on any atom is -0.463 e. The van der Waals surface area contributed by atoms with Crippen LogP contribution in [-0.4, -0.2) is 22.4 Å². The van der Waals surface area contributed by atoms with Gasteiger partial charge in [-0.25, -0.2) is 4.79 Å². The van der Waals surface area contributed by atoms with Gasteiger partial charge in [-0.05, 0) is 37.1 Å². The van der Waals surface area contributed by atoms with E-state index in [1.54, 1.807) is 0 Å². The van der Waals surface area contributed by atoms with E-state index < -0.39 is 0 Å². The van der Waals surface area contributed by atoms with Gasteiger partial charge < -0.3 is 10.1 Å². The SMILES string of the molecule is CCOC(=O)C1=C(C)Nc2c(c(C)nn2C)C1c1cccc2ccccc12. The molecule has 2 aromatic carbocycles. The first kappa shape index (κ1) is 17.3. The highest BCUT2D eigenvalue weighted by Crippen LogP contribution is 2.45. The van der Waals surface area contributed by atoms with Gasteiger partial charge in [0.15, 0.2) is 0 Å². The van der Waals surface area contributed by atoms with Crippen molar-refractivity contribution in [2.45, 2.75) is 26.7 Å². The molecule has 0 spiro atoms. The molecule has 2 heterocycles. The third-order valence-electron chi connectivity index (χ3n) is 5.19. The van der Waals surface area contributed by atoms with Crippen molar-refractivity contribution in [3.8, 4) is 0 Å². The fourth-order valence-corrected chi connectivity index (χ4v) is 4.07. The van der Waals surface area contributed by atoms with Gasteiger partial charge in [0.05, 0.1) is 17.9 Å². The number of nitrogens with one attached hydrogen (secondary N) is 1. The van der Waals surface area contributed by atoms with Gasteiger partial charge in [0.1, 0.15) is 5.82 Å². The molecule has 0 aliphatic carbocycles. The van der Waals surface area contributed by atoms with Gasteiger partial charge in [-0.3, -0.25) is 4.68 Å². The Morgan fingerprint density at radius 1 is 1.19 bits per heavy atom. The molecule has 138 valence electrons. The van der Waals surface area contributed by atoms with Crippen LogP contribution in [0.15, 0.2) is 53.7 Å². The van der Waals surface area contributed by atoms with E-state index in [9.17, 15) is 4.79 Å². The summed E-state index contributed by atoms with van der Waals surface area (Å²) in [5.74, 6) is 0.422. The number of benzene rings is 2. The zero-order valence-corrected chi connectivity index (χ0v) is 16.0. The van der Waals surface area contributed by atoms with Gasteiger partial charge in [0.2, 0.25) is 0 Å².